The van der Waals surface area contributed by atoms with Crippen molar-refractivity contribution in [2.45, 2.75) is 6.54 Å². The zero-order valence-electron chi connectivity index (χ0n) is 13.3. The van der Waals surface area contributed by atoms with Crippen LogP contribution in [0, 0.1) is 17.1 Å². The second kappa shape index (κ2) is 7.53. The lowest BCUT2D eigenvalue weighted by Crippen LogP contribution is -2.40. The molecule has 27 heavy (non-hydrogen) atoms. The molecule has 6 nitrogen and oxygen atoms in total. The lowest BCUT2D eigenvalue weighted by Gasteiger charge is -2.14. The molecule has 2 heterocycles. The molecular formula is C17H8Cl3FN4O2. The van der Waals surface area contributed by atoms with Gasteiger partial charge in [-0.2, -0.15) is 5.26 Å². The molecular weight excluding hydrogens is 418 g/mol. The van der Waals surface area contributed by atoms with Gasteiger partial charge in [0.1, 0.15) is 17.5 Å². The van der Waals surface area contributed by atoms with Gasteiger partial charge in [0, 0.05) is 6.20 Å². The summed E-state index contributed by atoms with van der Waals surface area (Å²) in [7, 11) is 0. The molecule has 0 saturated heterocycles. The van der Waals surface area contributed by atoms with Crippen LogP contribution in [0.15, 0.2) is 46.2 Å². The second-order valence-electron chi connectivity index (χ2n) is 5.32. The number of hydrogen-bond acceptors (Lipinski definition) is 4. The molecule has 0 radical (unpaired) electrons. The van der Waals surface area contributed by atoms with E-state index in [9.17, 15) is 14.0 Å². The van der Waals surface area contributed by atoms with Crippen LogP contribution in [0.2, 0.25) is 15.2 Å². The minimum Gasteiger partial charge on any atom is -0.269 e. The summed E-state index contributed by atoms with van der Waals surface area (Å²) in [5.74, 6) is -0.679. The first-order valence-electron chi connectivity index (χ1n) is 7.33. The first kappa shape index (κ1) is 19.1. The number of nitrogens with zero attached hydrogens (tertiary/aromatic N) is 4. The molecule has 0 amide bonds. The normalized spacial score (nSPS) is 10.6. The van der Waals surface area contributed by atoms with Crippen LogP contribution in [0.1, 0.15) is 0 Å². The maximum atomic E-state index is 13.5. The van der Waals surface area contributed by atoms with Gasteiger partial charge in [-0.1, -0.05) is 40.9 Å². The van der Waals surface area contributed by atoms with E-state index in [2.05, 4.69) is 4.98 Å². The van der Waals surface area contributed by atoms with Crippen molar-refractivity contribution >= 4 is 34.8 Å². The average molecular weight is 426 g/mol. The van der Waals surface area contributed by atoms with E-state index in [0.717, 1.165) is 15.2 Å². The molecule has 0 aliphatic carbocycles. The van der Waals surface area contributed by atoms with E-state index in [1.165, 1.54) is 30.6 Å². The highest BCUT2D eigenvalue weighted by Gasteiger charge is 2.21. The molecule has 2 aromatic heterocycles. The number of halogens is 4. The minimum absolute atomic E-state index is 0.0929. The summed E-state index contributed by atoms with van der Waals surface area (Å²) < 4.78 is 15.2. The van der Waals surface area contributed by atoms with Crippen LogP contribution < -0.4 is 11.2 Å². The van der Waals surface area contributed by atoms with Gasteiger partial charge in [0.2, 0.25) is 0 Å². The Morgan fingerprint density at radius 2 is 1.89 bits per heavy atom. The Labute approximate surface area is 166 Å². The molecule has 0 spiro atoms. The van der Waals surface area contributed by atoms with E-state index >= 15 is 0 Å². The van der Waals surface area contributed by atoms with Crippen molar-refractivity contribution in [3.05, 3.63) is 78.5 Å². The lowest BCUT2D eigenvalue weighted by atomic mass is 10.1. The maximum Gasteiger partial charge on any atom is 0.337 e. The molecule has 3 rings (SSSR count). The quantitative estimate of drug-likeness (QED) is 0.600. The van der Waals surface area contributed by atoms with Gasteiger partial charge in [-0.05, 0) is 23.8 Å². The Morgan fingerprint density at radius 1 is 1.15 bits per heavy atom. The molecule has 0 atom stereocenters. The number of benzene rings is 1. The Kier molecular flexibility index (Phi) is 5.33. The van der Waals surface area contributed by atoms with Gasteiger partial charge < -0.3 is 0 Å². The monoisotopic (exact) mass is 424 g/mol. The SMILES string of the molecule is N#CCn1c(Cl)c(-c2ccc(F)c(Cl)c2)c(=O)n(-c2cncc(Cl)c2)c1=O. The molecule has 0 fully saturated rings. The van der Waals surface area contributed by atoms with E-state index in [1.807, 2.05) is 6.07 Å². The number of rotatable bonds is 3. The summed E-state index contributed by atoms with van der Waals surface area (Å²) in [6.45, 7) is -0.409. The Bertz CT molecular complexity index is 1210. The van der Waals surface area contributed by atoms with Crippen LogP contribution in [0.25, 0.3) is 16.8 Å². The summed E-state index contributed by atoms with van der Waals surface area (Å²) in [5, 5.41) is 8.74. The van der Waals surface area contributed by atoms with Crippen molar-refractivity contribution in [2.75, 3.05) is 0 Å². The van der Waals surface area contributed by atoms with E-state index in [-0.39, 0.29) is 32.0 Å². The summed E-state index contributed by atoms with van der Waals surface area (Å²) in [5.41, 5.74) is -1.46. The third-order valence-electron chi connectivity index (χ3n) is 3.67. The summed E-state index contributed by atoms with van der Waals surface area (Å²) in [4.78, 5) is 29.7. The number of nitriles is 1. The molecule has 136 valence electrons. The van der Waals surface area contributed by atoms with Crippen molar-refractivity contribution in [1.82, 2.24) is 14.1 Å². The number of hydrogen-bond donors (Lipinski definition) is 0. The van der Waals surface area contributed by atoms with E-state index in [1.54, 1.807) is 0 Å². The minimum atomic E-state index is -0.840. The number of aromatic nitrogens is 3. The van der Waals surface area contributed by atoms with Gasteiger partial charge in [-0.15, -0.1) is 0 Å². The summed E-state index contributed by atoms with van der Waals surface area (Å²) in [6, 6.07) is 6.75. The zero-order chi connectivity index (χ0) is 19.7. The van der Waals surface area contributed by atoms with Crippen molar-refractivity contribution < 1.29 is 4.39 Å². The molecule has 1 aromatic carbocycles. The van der Waals surface area contributed by atoms with Gasteiger partial charge in [0.05, 0.1) is 33.6 Å². The highest BCUT2D eigenvalue weighted by Crippen LogP contribution is 2.27. The fraction of sp³-hybridized carbons (Fsp3) is 0.0588. The van der Waals surface area contributed by atoms with Crippen molar-refractivity contribution in [2.24, 2.45) is 0 Å². The first-order chi connectivity index (χ1) is 12.8. The van der Waals surface area contributed by atoms with Crippen LogP contribution in [0.5, 0.6) is 0 Å². The molecule has 0 bridgehead atoms. The van der Waals surface area contributed by atoms with Crippen molar-refractivity contribution in [1.29, 1.82) is 5.26 Å². The zero-order valence-corrected chi connectivity index (χ0v) is 15.6. The fourth-order valence-electron chi connectivity index (χ4n) is 2.48. The van der Waals surface area contributed by atoms with Crippen LogP contribution in [-0.2, 0) is 6.54 Å². The molecule has 0 saturated carbocycles. The molecule has 3 aromatic rings. The summed E-state index contributed by atoms with van der Waals surface area (Å²) >= 11 is 17.9. The lowest BCUT2D eigenvalue weighted by molar-refractivity contribution is 0.628. The summed E-state index contributed by atoms with van der Waals surface area (Å²) in [6.07, 6.45) is 2.60. The third-order valence-corrected chi connectivity index (χ3v) is 4.56. The van der Waals surface area contributed by atoms with Gasteiger partial charge in [0.15, 0.2) is 0 Å². The molecule has 0 aliphatic rings. The Morgan fingerprint density at radius 3 is 2.52 bits per heavy atom. The first-order valence-corrected chi connectivity index (χ1v) is 8.47. The molecule has 10 heteroatoms. The van der Waals surface area contributed by atoms with E-state index in [4.69, 9.17) is 40.1 Å². The highest BCUT2D eigenvalue weighted by molar-refractivity contribution is 6.33. The van der Waals surface area contributed by atoms with Gasteiger partial charge in [-0.25, -0.2) is 13.8 Å². The maximum absolute atomic E-state index is 13.5. The standard InChI is InChI=1S/C17H8Cl3FN4O2/c18-10-6-11(8-23-7-10)25-16(26)14(9-1-2-13(21)12(19)5-9)15(20)24(4-3-22)17(25)27/h1-2,5-8H,4H2. The topological polar surface area (TPSA) is 80.7 Å². The van der Waals surface area contributed by atoms with E-state index in [0.29, 0.717) is 0 Å². The Hall–Kier alpha value is -2.66. The number of pyridine rings is 1. The highest BCUT2D eigenvalue weighted by atomic mass is 35.5. The second-order valence-corrected chi connectivity index (χ2v) is 6.53. The van der Waals surface area contributed by atoms with Gasteiger partial charge in [0.25, 0.3) is 5.56 Å². The molecule has 0 unspecified atom stereocenters. The third kappa shape index (κ3) is 3.47. The average Bonchev–Trinajstić information content (AvgIpc) is 2.62. The predicted octanol–water partition coefficient (Wildman–Crippen LogP) is 3.68. The fourth-order valence-corrected chi connectivity index (χ4v) is 3.15. The molecule has 0 aliphatic heterocycles. The van der Waals surface area contributed by atoms with Crippen molar-refractivity contribution in [3.8, 4) is 22.9 Å². The van der Waals surface area contributed by atoms with Crippen molar-refractivity contribution in [3.63, 3.8) is 0 Å². The van der Waals surface area contributed by atoms with Crippen LogP contribution in [0.3, 0.4) is 0 Å². The Balaban J connectivity index is 2.44. The largest absolute Gasteiger partial charge is 0.337 e. The van der Waals surface area contributed by atoms with Crippen LogP contribution in [-0.4, -0.2) is 14.1 Å². The van der Waals surface area contributed by atoms with Crippen LogP contribution in [0.4, 0.5) is 4.39 Å². The van der Waals surface area contributed by atoms with Crippen LogP contribution >= 0.6 is 34.8 Å². The van der Waals surface area contributed by atoms with Gasteiger partial charge in [-0.3, -0.25) is 14.3 Å². The predicted molar refractivity (Wildman–Crippen MR) is 100 cm³/mol. The molecule has 0 N–H and O–H groups in total. The van der Waals surface area contributed by atoms with E-state index < -0.39 is 23.6 Å². The smallest absolute Gasteiger partial charge is 0.269 e. The van der Waals surface area contributed by atoms with Gasteiger partial charge >= 0.3 is 5.69 Å².